The first kappa shape index (κ1) is 16.8. The maximum Gasteiger partial charge on any atom is 0.411 e. The third kappa shape index (κ3) is 4.22. The van der Waals surface area contributed by atoms with Gasteiger partial charge in [-0.05, 0) is 45.0 Å². The van der Waals surface area contributed by atoms with Crippen molar-refractivity contribution >= 4 is 12.4 Å². The number of carbonyl (C=O) groups excluding carboxylic acids is 2. The number of carbonyl (C=O) groups is 2. The van der Waals surface area contributed by atoms with Gasteiger partial charge in [0.15, 0.2) is 0 Å². The van der Waals surface area contributed by atoms with Crippen molar-refractivity contribution in [2.75, 3.05) is 6.54 Å². The van der Waals surface area contributed by atoms with Crippen LogP contribution in [0, 0.1) is 11.3 Å². The molecule has 0 unspecified atom stereocenters. The normalized spacial score (nSPS) is 20.7. The van der Waals surface area contributed by atoms with E-state index >= 15 is 0 Å². The fourth-order valence-corrected chi connectivity index (χ4v) is 2.39. The van der Waals surface area contributed by atoms with Gasteiger partial charge >= 0.3 is 6.09 Å². The summed E-state index contributed by atoms with van der Waals surface area (Å²) in [5, 5.41) is 8.79. The molecule has 2 rings (SSSR count). The van der Waals surface area contributed by atoms with E-state index in [9.17, 15) is 9.59 Å². The highest BCUT2D eigenvalue weighted by Gasteiger charge is 2.40. The Kier molecular flexibility index (Phi) is 4.89. The first-order valence-corrected chi connectivity index (χ1v) is 7.46. The lowest BCUT2D eigenvalue weighted by molar-refractivity contribution is -0.113. The molecule has 0 aliphatic carbocycles. The van der Waals surface area contributed by atoms with Gasteiger partial charge in [0.05, 0.1) is 11.6 Å². The molecule has 1 aliphatic rings. The molecule has 0 N–H and O–H groups in total. The van der Waals surface area contributed by atoms with Crippen LogP contribution in [0.15, 0.2) is 24.3 Å². The van der Waals surface area contributed by atoms with Gasteiger partial charge in [0.1, 0.15) is 29.8 Å². The van der Waals surface area contributed by atoms with Crippen molar-refractivity contribution in [3.05, 3.63) is 29.8 Å². The molecule has 1 aromatic carbocycles. The molecule has 1 saturated heterocycles. The van der Waals surface area contributed by atoms with E-state index < -0.39 is 23.8 Å². The van der Waals surface area contributed by atoms with Crippen molar-refractivity contribution in [2.24, 2.45) is 0 Å². The summed E-state index contributed by atoms with van der Waals surface area (Å²) in [6.45, 7) is 5.74. The van der Waals surface area contributed by atoms with E-state index in [1.807, 2.05) is 6.07 Å². The summed E-state index contributed by atoms with van der Waals surface area (Å²) in [6.07, 6.45) is 0.321. The van der Waals surface area contributed by atoms with Crippen LogP contribution in [0.3, 0.4) is 0 Å². The number of nitrogens with zero attached hydrogens (tertiary/aromatic N) is 2. The van der Waals surface area contributed by atoms with Crippen LogP contribution in [-0.4, -0.2) is 41.6 Å². The molecule has 6 nitrogen and oxygen atoms in total. The smallest absolute Gasteiger partial charge is 0.411 e. The van der Waals surface area contributed by atoms with Gasteiger partial charge < -0.3 is 14.3 Å². The minimum Gasteiger partial charge on any atom is -0.488 e. The molecule has 23 heavy (non-hydrogen) atoms. The van der Waals surface area contributed by atoms with Crippen LogP contribution >= 0.6 is 0 Å². The van der Waals surface area contributed by atoms with Gasteiger partial charge in [-0.1, -0.05) is 0 Å². The number of amides is 1. The lowest BCUT2D eigenvalue weighted by Crippen LogP contribution is -2.44. The number of rotatable bonds is 3. The van der Waals surface area contributed by atoms with Crippen LogP contribution in [0.4, 0.5) is 4.79 Å². The molecule has 122 valence electrons. The van der Waals surface area contributed by atoms with Gasteiger partial charge in [-0.3, -0.25) is 4.90 Å². The second-order valence-electron chi connectivity index (χ2n) is 6.38. The highest BCUT2D eigenvalue weighted by atomic mass is 16.6. The summed E-state index contributed by atoms with van der Waals surface area (Å²) in [5.74, 6) is 0.562. The van der Waals surface area contributed by atoms with Crippen molar-refractivity contribution in [2.45, 2.75) is 44.9 Å². The number of hydrogen-bond donors (Lipinski definition) is 0. The molecule has 1 aromatic rings. The quantitative estimate of drug-likeness (QED) is 0.801. The van der Waals surface area contributed by atoms with Crippen molar-refractivity contribution in [1.82, 2.24) is 4.90 Å². The third-order valence-electron chi connectivity index (χ3n) is 3.43. The molecule has 0 saturated carbocycles. The predicted octanol–water partition coefficient (Wildman–Crippen LogP) is 2.51. The largest absolute Gasteiger partial charge is 0.488 e. The first-order chi connectivity index (χ1) is 10.8. The molecule has 1 heterocycles. The van der Waals surface area contributed by atoms with E-state index in [1.165, 1.54) is 4.90 Å². The molecular weight excluding hydrogens is 296 g/mol. The fourth-order valence-electron chi connectivity index (χ4n) is 2.39. The molecule has 0 bridgehead atoms. The maximum atomic E-state index is 12.2. The topological polar surface area (TPSA) is 79.6 Å². The highest BCUT2D eigenvalue weighted by molar-refractivity contribution is 5.75. The second kappa shape index (κ2) is 6.69. The van der Waals surface area contributed by atoms with Gasteiger partial charge in [-0.15, -0.1) is 0 Å². The zero-order valence-corrected chi connectivity index (χ0v) is 13.5. The molecule has 0 radical (unpaired) electrons. The van der Waals surface area contributed by atoms with Crippen molar-refractivity contribution < 1.29 is 19.1 Å². The summed E-state index contributed by atoms with van der Waals surface area (Å²) >= 11 is 0. The van der Waals surface area contributed by atoms with Crippen molar-refractivity contribution in [3.8, 4) is 11.8 Å². The average molecular weight is 316 g/mol. The molecule has 1 amide bonds. The fraction of sp³-hybridized carbons (Fsp3) is 0.471. The summed E-state index contributed by atoms with van der Waals surface area (Å²) in [4.78, 5) is 25.0. The molecule has 0 spiro atoms. The zero-order valence-electron chi connectivity index (χ0n) is 13.5. The van der Waals surface area contributed by atoms with Gasteiger partial charge in [0.2, 0.25) is 0 Å². The summed E-state index contributed by atoms with van der Waals surface area (Å²) in [6, 6.07) is 7.99. The minimum absolute atomic E-state index is 0.402. The van der Waals surface area contributed by atoms with Gasteiger partial charge in [0.25, 0.3) is 0 Å². The number of nitriles is 1. The maximum absolute atomic E-state index is 12.2. The second-order valence-corrected chi connectivity index (χ2v) is 6.38. The Morgan fingerprint density at radius 1 is 1.35 bits per heavy atom. The van der Waals surface area contributed by atoms with Crippen LogP contribution in [0.25, 0.3) is 0 Å². The van der Waals surface area contributed by atoms with E-state index in [2.05, 4.69) is 0 Å². The number of likely N-dealkylation sites (tertiary alicyclic amines) is 1. The van der Waals surface area contributed by atoms with E-state index in [0.717, 1.165) is 0 Å². The molecule has 1 fully saturated rings. The summed E-state index contributed by atoms with van der Waals surface area (Å²) < 4.78 is 11.1. The van der Waals surface area contributed by atoms with E-state index in [-0.39, 0.29) is 0 Å². The van der Waals surface area contributed by atoms with Crippen LogP contribution in [-0.2, 0) is 9.53 Å². The van der Waals surface area contributed by atoms with Crippen molar-refractivity contribution in [3.63, 3.8) is 0 Å². The van der Waals surface area contributed by atoms with Gasteiger partial charge in [-0.2, -0.15) is 5.26 Å². The Bertz CT molecular complexity index is 613. The van der Waals surface area contributed by atoms with Crippen LogP contribution in [0.1, 0.15) is 32.8 Å². The minimum atomic E-state index is -0.680. The van der Waals surface area contributed by atoms with Crippen LogP contribution in [0.5, 0.6) is 5.75 Å². The summed E-state index contributed by atoms with van der Waals surface area (Å²) in [7, 11) is 0. The lowest BCUT2D eigenvalue weighted by Gasteiger charge is -2.27. The monoisotopic (exact) mass is 316 g/mol. The van der Waals surface area contributed by atoms with Crippen LogP contribution in [0.2, 0.25) is 0 Å². The number of hydrogen-bond acceptors (Lipinski definition) is 5. The number of benzene rings is 1. The Hall–Kier alpha value is -2.55. The zero-order chi connectivity index (χ0) is 17.0. The Morgan fingerprint density at radius 2 is 2.00 bits per heavy atom. The van der Waals surface area contributed by atoms with Crippen molar-refractivity contribution in [1.29, 1.82) is 5.26 Å². The Balaban J connectivity index is 2.05. The summed E-state index contributed by atoms with van der Waals surface area (Å²) in [5.41, 5.74) is -0.0811. The lowest BCUT2D eigenvalue weighted by atomic mass is 10.2. The van der Waals surface area contributed by atoms with E-state index in [1.54, 1.807) is 45.0 Å². The van der Waals surface area contributed by atoms with E-state index in [0.29, 0.717) is 30.6 Å². The predicted molar refractivity (Wildman–Crippen MR) is 83.0 cm³/mol. The SMILES string of the molecule is CC(C)(C)OC(=O)N1CC[C@H](Oc2ccc(C#N)cc2)[C@H]1C=O. The molecule has 0 aromatic heterocycles. The van der Waals surface area contributed by atoms with Gasteiger partial charge in [-0.25, -0.2) is 4.79 Å². The molecule has 1 aliphatic heterocycles. The highest BCUT2D eigenvalue weighted by Crippen LogP contribution is 2.25. The molecule has 2 atom stereocenters. The average Bonchev–Trinajstić information content (AvgIpc) is 2.89. The van der Waals surface area contributed by atoms with E-state index in [4.69, 9.17) is 14.7 Å². The van der Waals surface area contributed by atoms with Crippen LogP contribution < -0.4 is 4.74 Å². The third-order valence-corrected chi connectivity index (χ3v) is 3.43. The molecular formula is C17H20N2O4. The Labute approximate surface area is 135 Å². The number of ether oxygens (including phenoxy) is 2. The Morgan fingerprint density at radius 3 is 2.52 bits per heavy atom. The standard InChI is InChI=1S/C17H20N2O4/c1-17(2,3)23-16(21)19-9-8-15(14(19)11-20)22-13-6-4-12(10-18)5-7-13/h4-7,11,14-15H,8-9H2,1-3H3/t14-,15+/m1/s1. The number of aldehydes is 1. The first-order valence-electron chi connectivity index (χ1n) is 7.46. The molecule has 6 heteroatoms. The van der Waals surface area contributed by atoms with Gasteiger partial charge in [0, 0.05) is 13.0 Å².